The summed E-state index contributed by atoms with van der Waals surface area (Å²) in [6, 6.07) is 4.20. The number of allylic oxidation sites excluding steroid dienone is 2. The van der Waals surface area contributed by atoms with E-state index < -0.39 is 28.3 Å². The van der Waals surface area contributed by atoms with Crippen molar-refractivity contribution in [3.63, 3.8) is 0 Å². The molecule has 11 heteroatoms. The van der Waals surface area contributed by atoms with Gasteiger partial charge in [-0.2, -0.15) is 0 Å². The first-order valence-electron chi connectivity index (χ1n) is 12.4. The molecule has 0 aliphatic carbocycles. The van der Waals surface area contributed by atoms with Gasteiger partial charge >= 0.3 is 0 Å². The molecule has 1 aliphatic heterocycles. The highest BCUT2D eigenvalue weighted by Gasteiger charge is 2.23. The van der Waals surface area contributed by atoms with Crippen LogP contribution in [-0.2, 0) is 11.0 Å². The van der Waals surface area contributed by atoms with Gasteiger partial charge in [-0.3, -0.25) is 4.72 Å². The number of nitrogens with one attached hydrogen (secondary N) is 3. The SMILES string of the molecule is C=C(C)S/C(=C(/Oc1cc(F)c(NS(=O)CC)c(F)c1)C(C)CC)c1ccnc(NC2CCCNC2)n1. The van der Waals surface area contributed by atoms with Crippen molar-refractivity contribution in [2.45, 2.75) is 53.0 Å². The number of hydrogen-bond donors (Lipinski definition) is 3. The van der Waals surface area contributed by atoms with Crippen LogP contribution in [0.3, 0.4) is 0 Å². The summed E-state index contributed by atoms with van der Waals surface area (Å²) in [7, 11) is -1.59. The number of rotatable bonds is 12. The fourth-order valence-corrected chi connectivity index (χ4v) is 5.17. The lowest BCUT2D eigenvalue weighted by atomic mass is 10.1. The highest BCUT2D eigenvalue weighted by Crippen LogP contribution is 2.39. The second-order valence-electron chi connectivity index (χ2n) is 8.86. The number of halogens is 2. The van der Waals surface area contributed by atoms with E-state index in [1.807, 2.05) is 20.8 Å². The van der Waals surface area contributed by atoms with E-state index in [0.29, 0.717) is 22.3 Å². The van der Waals surface area contributed by atoms with Crippen LogP contribution in [-0.4, -0.2) is 39.1 Å². The number of anilines is 2. The first-order valence-corrected chi connectivity index (χ1v) is 14.5. The quantitative estimate of drug-likeness (QED) is 0.276. The molecule has 2 heterocycles. The monoisotopic (exact) mass is 551 g/mol. The van der Waals surface area contributed by atoms with Crippen LogP contribution in [0.5, 0.6) is 5.75 Å². The molecule has 0 saturated carbocycles. The lowest BCUT2D eigenvalue weighted by Crippen LogP contribution is -2.38. The van der Waals surface area contributed by atoms with E-state index in [2.05, 4.69) is 26.9 Å². The molecule has 0 spiro atoms. The lowest BCUT2D eigenvalue weighted by Gasteiger charge is -2.24. The van der Waals surface area contributed by atoms with Gasteiger partial charge in [0.2, 0.25) is 5.95 Å². The van der Waals surface area contributed by atoms with Crippen LogP contribution in [0, 0.1) is 17.6 Å². The Balaban J connectivity index is 2.01. The maximum absolute atomic E-state index is 14.8. The summed E-state index contributed by atoms with van der Waals surface area (Å²) in [4.78, 5) is 10.6. The Hall–Kier alpha value is -2.50. The van der Waals surface area contributed by atoms with E-state index in [1.165, 1.54) is 11.8 Å². The number of piperidine rings is 1. The maximum atomic E-state index is 14.8. The van der Waals surface area contributed by atoms with Gasteiger partial charge in [0.25, 0.3) is 0 Å². The van der Waals surface area contributed by atoms with Crippen molar-refractivity contribution in [2.24, 2.45) is 5.92 Å². The molecule has 1 saturated heterocycles. The minimum absolute atomic E-state index is 0.00127. The second-order valence-corrected chi connectivity index (χ2v) is 11.6. The van der Waals surface area contributed by atoms with Crippen LogP contribution < -0.4 is 20.1 Å². The molecule has 3 N–H and O–H groups in total. The van der Waals surface area contributed by atoms with Crippen LogP contribution in [0.1, 0.15) is 52.7 Å². The van der Waals surface area contributed by atoms with Crippen LogP contribution in [0.2, 0.25) is 0 Å². The number of ether oxygens (including phenoxy) is 1. The third-order valence-electron chi connectivity index (χ3n) is 5.80. The van der Waals surface area contributed by atoms with Gasteiger partial charge in [-0.05, 0) is 43.7 Å². The minimum atomic E-state index is -1.59. The molecule has 0 radical (unpaired) electrons. The Labute approximate surface area is 224 Å². The Kier molecular flexibility index (Phi) is 10.9. The summed E-state index contributed by atoms with van der Waals surface area (Å²) < 4.78 is 49.8. The summed E-state index contributed by atoms with van der Waals surface area (Å²) in [5.74, 6) is -0.618. The van der Waals surface area contributed by atoms with Crippen LogP contribution in [0.15, 0.2) is 41.6 Å². The Morgan fingerprint density at radius 2 is 2.08 bits per heavy atom. The number of benzene rings is 1. The minimum Gasteiger partial charge on any atom is -0.460 e. The largest absolute Gasteiger partial charge is 0.460 e. The van der Waals surface area contributed by atoms with Crippen molar-refractivity contribution in [1.82, 2.24) is 15.3 Å². The number of aromatic nitrogens is 2. The van der Waals surface area contributed by atoms with Crippen LogP contribution >= 0.6 is 11.8 Å². The molecule has 0 amide bonds. The first kappa shape index (κ1) is 29.1. The second kappa shape index (κ2) is 13.9. The summed E-state index contributed by atoms with van der Waals surface area (Å²) >= 11 is 1.39. The Morgan fingerprint density at radius 3 is 2.68 bits per heavy atom. The van der Waals surface area contributed by atoms with Gasteiger partial charge in [0.15, 0.2) is 11.6 Å². The average molecular weight is 552 g/mol. The molecule has 1 aromatic carbocycles. The van der Waals surface area contributed by atoms with Crippen LogP contribution in [0.4, 0.5) is 20.4 Å². The van der Waals surface area contributed by atoms with Gasteiger partial charge in [-0.1, -0.05) is 39.1 Å². The zero-order chi connectivity index (χ0) is 26.9. The maximum Gasteiger partial charge on any atom is 0.223 e. The number of nitrogens with zero attached hydrogens (tertiary/aromatic N) is 2. The zero-order valence-electron chi connectivity index (χ0n) is 21.7. The molecule has 1 aromatic heterocycles. The molecule has 202 valence electrons. The van der Waals surface area contributed by atoms with Crippen LogP contribution in [0.25, 0.3) is 4.91 Å². The first-order chi connectivity index (χ1) is 17.7. The van der Waals surface area contributed by atoms with Crippen molar-refractivity contribution < 1.29 is 17.7 Å². The predicted octanol–water partition coefficient (Wildman–Crippen LogP) is 6.07. The van der Waals surface area contributed by atoms with Gasteiger partial charge < -0.3 is 15.4 Å². The molecule has 1 aliphatic rings. The highest BCUT2D eigenvalue weighted by atomic mass is 32.2. The van der Waals surface area contributed by atoms with E-state index in [1.54, 1.807) is 19.2 Å². The van der Waals surface area contributed by atoms with E-state index in [0.717, 1.165) is 49.4 Å². The average Bonchev–Trinajstić information content (AvgIpc) is 2.88. The summed E-state index contributed by atoms with van der Waals surface area (Å²) in [5.41, 5.74) is 0.184. The predicted molar refractivity (Wildman–Crippen MR) is 150 cm³/mol. The van der Waals surface area contributed by atoms with E-state index in [9.17, 15) is 13.0 Å². The van der Waals surface area contributed by atoms with Gasteiger partial charge in [-0.15, -0.1) is 0 Å². The normalized spacial score (nSPS) is 17.9. The summed E-state index contributed by atoms with van der Waals surface area (Å²) in [5, 5.41) is 6.76. The Bertz CT molecular complexity index is 1130. The highest BCUT2D eigenvalue weighted by molar-refractivity contribution is 8.11. The van der Waals surface area contributed by atoms with Gasteiger partial charge in [0, 0.05) is 42.6 Å². The summed E-state index contributed by atoms with van der Waals surface area (Å²) in [6.07, 6.45) is 4.51. The molecule has 1 fully saturated rings. The third-order valence-corrected chi connectivity index (χ3v) is 7.72. The summed E-state index contributed by atoms with van der Waals surface area (Å²) in [6.45, 7) is 13.4. The molecule has 3 rings (SSSR count). The number of hydrogen-bond acceptors (Lipinski definition) is 7. The molecule has 3 atom stereocenters. The molecule has 0 bridgehead atoms. The fourth-order valence-electron chi connectivity index (χ4n) is 3.69. The van der Waals surface area contributed by atoms with Gasteiger partial charge in [0.1, 0.15) is 28.2 Å². The molecular formula is C26H35F2N5O2S2. The molecule has 2 aromatic rings. The third kappa shape index (κ3) is 8.24. The molecular weight excluding hydrogens is 516 g/mol. The molecule has 37 heavy (non-hydrogen) atoms. The van der Waals surface area contributed by atoms with Crippen molar-refractivity contribution in [3.8, 4) is 5.75 Å². The van der Waals surface area contributed by atoms with E-state index in [-0.39, 0.29) is 23.5 Å². The standard InChI is InChI=1S/C26H35F2N5O2S2/c1-6-17(5)24(35-19-13-20(27)23(21(28)14-19)33-37(34)7-2)25(36-16(3)4)22-10-12-30-26(32-22)31-18-9-8-11-29-15-18/h10,12-14,17-18,29,33H,3,6-9,11,15H2,1-2,4-5H3,(H,30,31,32)/b25-24+. The fraction of sp³-hybridized carbons (Fsp3) is 0.462. The van der Waals surface area contributed by atoms with Crippen molar-refractivity contribution in [2.75, 3.05) is 28.9 Å². The topological polar surface area (TPSA) is 88.2 Å². The zero-order valence-corrected chi connectivity index (χ0v) is 23.3. The molecule has 3 unspecified atom stereocenters. The lowest BCUT2D eigenvalue weighted by molar-refractivity contribution is 0.353. The van der Waals surface area contributed by atoms with Crippen molar-refractivity contribution in [1.29, 1.82) is 0 Å². The van der Waals surface area contributed by atoms with E-state index in [4.69, 9.17) is 9.72 Å². The smallest absolute Gasteiger partial charge is 0.223 e. The van der Waals surface area contributed by atoms with Gasteiger partial charge in [0.05, 0.1) is 10.6 Å². The van der Waals surface area contributed by atoms with E-state index >= 15 is 0 Å². The van der Waals surface area contributed by atoms with Crippen molar-refractivity contribution >= 4 is 39.3 Å². The van der Waals surface area contributed by atoms with Gasteiger partial charge in [-0.25, -0.2) is 23.0 Å². The Morgan fingerprint density at radius 1 is 1.35 bits per heavy atom. The molecule has 7 nitrogen and oxygen atoms in total. The number of thioether (sulfide) groups is 1. The van der Waals surface area contributed by atoms with Crippen molar-refractivity contribution in [3.05, 3.63) is 59.0 Å².